The number of carbonyl (C=O) groups is 1. The molecule has 2 aromatic carbocycles. The Hall–Kier alpha value is -2.94. The lowest BCUT2D eigenvalue weighted by Crippen LogP contribution is -2.11. The largest absolute Gasteiger partial charge is 0.321 e. The van der Waals surface area contributed by atoms with Crippen LogP contribution in [-0.2, 0) is 0 Å². The molecular weight excluding hydrogens is 296 g/mol. The SMILES string of the molecule is CC(C)c1cccc(-c2cncc(NC(=O)c3ccccc3)c2)c1. The predicted molar refractivity (Wildman–Crippen MR) is 98.2 cm³/mol. The van der Waals surface area contributed by atoms with Crippen molar-refractivity contribution >= 4 is 11.6 Å². The smallest absolute Gasteiger partial charge is 0.255 e. The number of anilines is 1. The number of nitrogens with zero attached hydrogens (tertiary/aromatic N) is 1. The highest BCUT2D eigenvalue weighted by Gasteiger charge is 2.07. The molecule has 0 spiro atoms. The Bertz CT molecular complexity index is 841. The van der Waals surface area contributed by atoms with E-state index < -0.39 is 0 Å². The molecule has 0 saturated heterocycles. The maximum atomic E-state index is 12.3. The number of nitrogens with one attached hydrogen (secondary N) is 1. The quantitative estimate of drug-likeness (QED) is 0.725. The van der Waals surface area contributed by atoms with Crippen molar-refractivity contribution in [3.05, 3.63) is 84.2 Å². The average Bonchev–Trinajstić information content (AvgIpc) is 2.63. The molecule has 1 amide bonds. The first-order valence-corrected chi connectivity index (χ1v) is 8.05. The van der Waals surface area contributed by atoms with Gasteiger partial charge < -0.3 is 5.32 Å². The van der Waals surface area contributed by atoms with Crippen LogP contribution in [0, 0.1) is 0 Å². The summed E-state index contributed by atoms with van der Waals surface area (Å²) in [7, 11) is 0. The molecule has 0 fully saturated rings. The molecule has 3 heteroatoms. The molecule has 3 rings (SSSR count). The van der Waals surface area contributed by atoms with E-state index in [0.717, 1.165) is 11.1 Å². The van der Waals surface area contributed by atoms with Crippen molar-refractivity contribution in [2.45, 2.75) is 19.8 Å². The van der Waals surface area contributed by atoms with E-state index in [2.05, 4.69) is 48.4 Å². The second kappa shape index (κ2) is 7.09. The number of aromatic nitrogens is 1. The summed E-state index contributed by atoms with van der Waals surface area (Å²) in [5.41, 5.74) is 4.69. The summed E-state index contributed by atoms with van der Waals surface area (Å²) in [6.07, 6.45) is 3.48. The molecule has 0 aliphatic rings. The predicted octanol–water partition coefficient (Wildman–Crippen LogP) is 5.12. The topological polar surface area (TPSA) is 42.0 Å². The van der Waals surface area contributed by atoms with E-state index in [1.807, 2.05) is 30.5 Å². The summed E-state index contributed by atoms with van der Waals surface area (Å²) < 4.78 is 0. The zero-order chi connectivity index (χ0) is 16.9. The number of hydrogen-bond donors (Lipinski definition) is 1. The van der Waals surface area contributed by atoms with Gasteiger partial charge in [-0.05, 0) is 35.2 Å². The highest BCUT2D eigenvalue weighted by molar-refractivity contribution is 6.04. The number of hydrogen-bond acceptors (Lipinski definition) is 2. The van der Waals surface area contributed by atoms with E-state index in [9.17, 15) is 4.79 Å². The van der Waals surface area contributed by atoms with E-state index in [1.54, 1.807) is 18.3 Å². The minimum atomic E-state index is -0.134. The molecule has 0 unspecified atom stereocenters. The van der Waals surface area contributed by atoms with Crippen LogP contribution in [0.25, 0.3) is 11.1 Å². The van der Waals surface area contributed by atoms with Crippen LogP contribution in [0.3, 0.4) is 0 Å². The average molecular weight is 316 g/mol. The van der Waals surface area contributed by atoms with Crippen LogP contribution in [0.1, 0.15) is 35.7 Å². The fourth-order valence-electron chi connectivity index (χ4n) is 2.54. The third kappa shape index (κ3) is 3.69. The van der Waals surface area contributed by atoms with Crippen molar-refractivity contribution < 1.29 is 4.79 Å². The number of pyridine rings is 1. The van der Waals surface area contributed by atoms with Gasteiger partial charge in [0, 0.05) is 17.3 Å². The fraction of sp³-hybridized carbons (Fsp3) is 0.143. The monoisotopic (exact) mass is 316 g/mol. The van der Waals surface area contributed by atoms with Gasteiger partial charge in [0.05, 0.1) is 11.9 Å². The van der Waals surface area contributed by atoms with Gasteiger partial charge in [-0.2, -0.15) is 0 Å². The first kappa shape index (κ1) is 15.9. The zero-order valence-corrected chi connectivity index (χ0v) is 13.9. The first-order chi connectivity index (χ1) is 11.6. The lowest BCUT2D eigenvalue weighted by Gasteiger charge is -2.10. The molecule has 3 aromatic rings. The second-order valence-electron chi connectivity index (χ2n) is 6.06. The zero-order valence-electron chi connectivity index (χ0n) is 13.9. The maximum Gasteiger partial charge on any atom is 0.255 e. The molecule has 1 aromatic heterocycles. The van der Waals surface area contributed by atoms with Crippen LogP contribution < -0.4 is 5.32 Å². The number of rotatable bonds is 4. The molecule has 3 nitrogen and oxygen atoms in total. The van der Waals surface area contributed by atoms with Crippen LogP contribution in [0.2, 0.25) is 0 Å². The molecule has 0 aliphatic carbocycles. The van der Waals surface area contributed by atoms with Gasteiger partial charge in [0.25, 0.3) is 5.91 Å². The molecule has 1 N–H and O–H groups in total. The minimum absolute atomic E-state index is 0.134. The molecule has 0 atom stereocenters. The van der Waals surface area contributed by atoms with Crippen molar-refractivity contribution in [1.29, 1.82) is 0 Å². The molecule has 0 saturated carbocycles. The fourth-order valence-corrected chi connectivity index (χ4v) is 2.54. The van der Waals surface area contributed by atoms with Gasteiger partial charge in [-0.25, -0.2) is 0 Å². The molecule has 1 heterocycles. The lowest BCUT2D eigenvalue weighted by atomic mass is 9.98. The Balaban J connectivity index is 1.84. The Morgan fingerprint density at radius 3 is 2.46 bits per heavy atom. The standard InChI is InChI=1S/C21H20N2O/c1-15(2)17-9-6-10-18(11-17)19-12-20(14-22-13-19)23-21(24)16-7-4-3-5-8-16/h3-15H,1-2H3,(H,23,24). The van der Waals surface area contributed by atoms with Crippen molar-refractivity contribution in [3.63, 3.8) is 0 Å². The molecular formula is C21H20N2O. The summed E-state index contributed by atoms with van der Waals surface area (Å²) >= 11 is 0. The lowest BCUT2D eigenvalue weighted by molar-refractivity contribution is 0.102. The van der Waals surface area contributed by atoms with Gasteiger partial charge >= 0.3 is 0 Å². The van der Waals surface area contributed by atoms with Gasteiger partial charge in [0.1, 0.15) is 0 Å². The van der Waals surface area contributed by atoms with E-state index in [0.29, 0.717) is 17.2 Å². The number of carbonyl (C=O) groups excluding carboxylic acids is 1. The van der Waals surface area contributed by atoms with Crippen LogP contribution in [0.15, 0.2) is 73.1 Å². The summed E-state index contributed by atoms with van der Waals surface area (Å²) in [6, 6.07) is 19.5. The summed E-state index contributed by atoms with van der Waals surface area (Å²) in [6.45, 7) is 4.35. The van der Waals surface area contributed by atoms with E-state index in [1.165, 1.54) is 5.56 Å². The van der Waals surface area contributed by atoms with Gasteiger partial charge in [-0.15, -0.1) is 0 Å². The van der Waals surface area contributed by atoms with Crippen LogP contribution in [-0.4, -0.2) is 10.9 Å². The third-order valence-corrected chi connectivity index (χ3v) is 3.92. The van der Waals surface area contributed by atoms with Crippen LogP contribution in [0.5, 0.6) is 0 Å². The van der Waals surface area contributed by atoms with Crippen molar-refractivity contribution in [3.8, 4) is 11.1 Å². The highest BCUT2D eigenvalue weighted by Crippen LogP contribution is 2.25. The van der Waals surface area contributed by atoms with Gasteiger partial charge in [-0.3, -0.25) is 9.78 Å². The molecule has 0 bridgehead atoms. The third-order valence-electron chi connectivity index (χ3n) is 3.92. The molecule has 0 radical (unpaired) electrons. The van der Waals surface area contributed by atoms with Crippen molar-refractivity contribution in [1.82, 2.24) is 4.98 Å². The highest BCUT2D eigenvalue weighted by atomic mass is 16.1. The Morgan fingerprint density at radius 2 is 1.71 bits per heavy atom. The van der Waals surface area contributed by atoms with Crippen molar-refractivity contribution in [2.75, 3.05) is 5.32 Å². The maximum absolute atomic E-state index is 12.3. The first-order valence-electron chi connectivity index (χ1n) is 8.05. The second-order valence-corrected chi connectivity index (χ2v) is 6.06. The summed E-state index contributed by atoms with van der Waals surface area (Å²) in [5, 5.41) is 2.90. The van der Waals surface area contributed by atoms with Crippen molar-refractivity contribution in [2.24, 2.45) is 0 Å². The number of benzene rings is 2. The van der Waals surface area contributed by atoms with Crippen LogP contribution >= 0.6 is 0 Å². The summed E-state index contributed by atoms with van der Waals surface area (Å²) in [5.74, 6) is 0.337. The van der Waals surface area contributed by atoms with E-state index >= 15 is 0 Å². The van der Waals surface area contributed by atoms with Crippen LogP contribution in [0.4, 0.5) is 5.69 Å². The minimum Gasteiger partial charge on any atom is -0.321 e. The van der Waals surface area contributed by atoms with Gasteiger partial charge in [0.2, 0.25) is 0 Å². The Morgan fingerprint density at radius 1 is 0.917 bits per heavy atom. The molecule has 120 valence electrons. The number of amides is 1. The summed E-state index contributed by atoms with van der Waals surface area (Å²) in [4.78, 5) is 16.5. The van der Waals surface area contributed by atoms with Gasteiger partial charge in [-0.1, -0.05) is 56.3 Å². The van der Waals surface area contributed by atoms with E-state index in [4.69, 9.17) is 0 Å². The van der Waals surface area contributed by atoms with Gasteiger partial charge in [0.15, 0.2) is 0 Å². The van der Waals surface area contributed by atoms with E-state index in [-0.39, 0.29) is 5.91 Å². The molecule has 24 heavy (non-hydrogen) atoms. The Kier molecular flexibility index (Phi) is 4.71. The normalized spacial score (nSPS) is 10.6. The Labute approximate surface area is 142 Å². The molecule has 0 aliphatic heterocycles.